The summed E-state index contributed by atoms with van der Waals surface area (Å²) in [7, 11) is 0. The van der Waals surface area contributed by atoms with Crippen molar-refractivity contribution in [2.24, 2.45) is 0 Å². The van der Waals surface area contributed by atoms with Crippen LogP contribution in [0.1, 0.15) is 25.7 Å². The molecule has 2 atom stereocenters. The van der Waals surface area contributed by atoms with Crippen molar-refractivity contribution in [3.05, 3.63) is 0 Å². The van der Waals surface area contributed by atoms with Crippen LogP contribution in [0, 0.1) is 0 Å². The van der Waals surface area contributed by atoms with E-state index in [1.807, 2.05) is 0 Å². The second kappa shape index (κ2) is 11.4. The number of aliphatic carboxylic acids is 2. The summed E-state index contributed by atoms with van der Waals surface area (Å²) in [4.78, 5) is 21.9. The molecule has 0 radical (unpaired) electrons. The van der Waals surface area contributed by atoms with E-state index in [4.69, 9.17) is 29.2 Å². The van der Waals surface area contributed by atoms with Gasteiger partial charge in [-0.3, -0.25) is 9.59 Å². The molecule has 0 spiro atoms. The van der Waals surface area contributed by atoms with E-state index in [1.165, 1.54) is 0 Å². The lowest BCUT2D eigenvalue weighted by Gasteiger charge is -2.26. The normalized spacial score (nSPS) is 26.0. The molecular weight excluding hydrogens is 296 g/mol. The number of hydrogen-bond acceptors (Lipinski definition) is 6. The molecule has 8 heteroatoms. The van der Waals surface area contributed by atoms with E-state index >= 15 is 0 Å². The topological polar surface area (TPSA) is 112 Å². The van der Waals surface area contributed by atoms with Crippen molar-refractivity contribution < 1.29 is 38.7 Å². The lowest BCUT2D eigenvalue weighted by molar-refractivity contribution is -0.153. The molecule has 0 saturated carbocycles. The Kier molecular flexibility index (Phi) is 9.72. The highest BCUT2D eigenvalue weighted by atomic mass is 16.5. The Labute approximate surface area is 129 Å². The molecule has 1 unspecified atom stereocenters. The van der Waals surface area contributed by atoms with Crippen molar-refractivity contribution in [1.82, 2.24) is 0 Å². The van der Waals surface area contributed by atoms with Gasteiger partial charge in [0.2, 0.25) is 0 Å². The minimum Gasteiger partial charge on any atom is -0.481 e. The Balaban J connectivity index is 2.62. The lowest BCUT2D eigenvalue weighted by atomic mass is 10.1. The lowest BCUT2D eigenvalue weighted by Crippen LogP contribution is -2.36. The molecule has 0 aliphatic carbocycles. The summed E-state index contributed by atoms with van der Waals surface area (Å²) in [6.07, 6.45) is -0.994. The number of carboxylic acids is 2. The van der Waals surface area contributed by atoms with Crippen LogP contribution in [0.4, 0.5) is 0 Å². The first kappa shape index (κ1) is 18.8. The van der Waals surface area contributed by atoms with E-state index in [2.05, 4.69) is 0 Å². The Morgan fingerprint density at radius 1 is 0.727 bits per heavy atom. The van der Waals surface area contributed by atoms with E-state index < -0.39 is 24.1 Å². The number of rotatable bonds is 4. The highest BCUT2D eigenvalue weighted by molar-refractivity contribution is 5.69. The third-order valence-corrected chi connectivity index (χ3v) is 3.07. The molecular formula is C14H24O8. The fraction of sp³-hybridized carbons (Fsp3) is 0.857. The molecule has 2 N–H and O–H groups in total. The first-order chi connectivity index (χ1) is 10.6. The summed E-state index contributed by atoms with van der Waals surface area (Å²) in [6.45, 7) is 2.54. The zero-order chi connectivity index (χ0) is 16.2. The average Bonchev–Trinajstić information content (AvgIpc) is 2.44. The van der Waals surface area contributed by atoms with Gasteiger partial charge in [-0.15, -0.1) is 0 Å². The highest BCUT2D eigenvalue weighted by Gasteiger charge is 2.28. The molecule has 22 heavy (non-hydrogen) atoms. The molecule has 1 rings (SSSR count). The van der Waals surface area contributed by atoms with Gasteiger partial charge in [-0.2, -0.15) is 0 Å². The number of carboxylic acid groups (broad SMARTS) is 2. The number of hydrogen-bond donors (Lipinski definition) is 2. The van der Waals surface area contributed by atoms with Crippen LogP contribution in [0.25, 0.3) is 0 Å². The maximum absolute atomic E-state index is 10.9. The van der Waals surface area contributed by atoms with E-state index in [0.717, 1.165) is 0 Å². The van der Waals surface area contributed by atoms with Crippen molar-refractivity contribution in [1.29, 1.82) is 0 Å². The van der Waals surface area contributed by atoms with Crippen LogP contribution in [-0.4, -0.2) is 74.0 Å². The van der Waals surface area contributed by atoms with Gasteiger partial charge in [0.25, 0.3) is 0 Å². The van der Waals surface area contributed by atoms with Gasteiger partial charge in [0.15, 0.2) is 0 Å². The molecule has 1 fully saturated rings. The Hall–Kier alpha value is -1.22. The molecule has 0 aromatic carbocycles. The van der Waals surface area contributed by atoms with Crippen molar-refractivity contribution in [3.8, 4) is 0 Å². The highest BCUT2D eigenvalue weighted by Crippen LogP contribution is 2.14. The van der Waals surface area contributed by atoms with Crippen LogP contribution < -0.4 is 0 Å². The van der Waals surface area contributed by atoms with Crippen molar-refractivity contribution >= 4 is 11.9 Å². The summed E-state index contributed by atoms with van der Waals surface area (Å²) in [5.74, 6) is -2.10. The Morgan fingerprint density at radius 2 is 1.14 bits per heavy atom. The molecule has 0 aromatic heterocycles. The summed E-state index contributed by atoms with van der Waals surface area (Å²) in [5.41, 5.74) is 0. The van der Waals surface area contributed by atoms with Gasteiger partial charge < -0.3 is 29.2 Å². The fourth-order valence-electron chi connectivity index (χ4n) is 2.05. The van der Waals surface area contributed by atoms with E-state index in [1.54, 1.807) is 0 Å². The molecule has 0 amide bonds. The second-order valence-corrected chi connectivity index (χ2v) is 4.95. The van der Waals surface area contributed by atoms with Crippen LogP contribution in [0.5, 0.6) is 0 Å². The summed E-state index contributed by atoms with van der Waals surface area (Å²) in [6, 6.07) is 0. The van der Waals surface area contributed by atoms with Gasteiger partial charge in [-0.05, 0) is 12.8 Å². The van der Waals surface area contributed by atoms with E-state index in [0.29, 0.717) is 39.3 Å². The first-order valence-corrected chi connectivity index (χ1v) is 7.42. The van der Waals surface area contributed by atoms with Crippen LogP contribution in [0.3, 0.4) is 0 Å². The largest absolute Gasteiger partial charge is 0.481 e. The molecule has 1 heterocycles. The third kappa shape index (κ3) is 8.93. The van der Waals surface area contributed by atoms with Gasteiger partial charge in [0.1, 0.15) is 0 Å². The Morgan fingerprint density at radius 3 is 1.50 bits per heavy atom. The Bertz CT molecular complexity index is 301. The van der Waals surface area contributed by atoms with Gasteiger partial charge in [-0.25, -0.2) is 0 Å². The summed E-state index contributed by atoms with van der Waals surface area (Å²) >= 11 is 0. The van der Waals surface area contributed by atoms with Crippen LogP contribution >= 0.6 is 0 Å². The number of carbonyl (C=O) groups is 2. The predicted molar refractivity (Wildman–Crippen MR) is 74.9 cm³/mol. The van der Waals surface area contributed by atoms with Gasteiger partial charge in [-0.1, -0.05) is 0 Å². The first-order valence-electron chi connectivity index (χ1n) is 7.42. The molecule has 0 aromatic rings. The minimum atomic E-state index is -1.05. The van der Waals surface area contributed by atoms with Gasteiger partial charge in [0.05, 0.1) is 38.3 Å². The standard InChI is InChI=1S/C14H24O8/c15-13(16)9-11-12(10-14(17)18)22-6-2-4-20-8-7-19-3-1-5-21-11/h11-12H,1-10H2,(H,15,16)(H,17,18)/t11-,12?/m0/s1. The summed E-state index contributed by atoms with van der Waals surface area (Å²) in [5, 5.41) is 17.9. The van der Waals surface area contributed by atoms with Crippen molar-refractivity contribution in [2.45, 2.75) is 37.9 Å². The second-order valence-electron chi connectivity index (χ2n) is 4.95. The third-order valence-electron chi connectivity index (χ3n) is 3.07. The smallest absolute Gasteiger partial charge is 0.306 e. The molecule has 0 bridgehead atoms. The van der Waals surface area contributed by atoms with Crippen molar-refractivity contribution in [3.63, 3.8) is 0 Å². The van der Waals surface area contributed by atoms with E-state index in [9.17, 15) is 9.59 Å². The van der Waals surface area contributed by atoms with Crippen LogP contribution in [0.2, 0.25) is 0 Å². The van der Waals surface area contributed by atoms with Crippen LogP contribution in [-0.2, 0) is 28.5 Å². The predicted octanol–water partition coefficient (Wildman–Crippen LogP) is 0.533. The zero-order valence-corrected chi connectivity index (χ0v) is 12.6. The molecule has 8 nitrogen and oxygen atoms in total. The summed E-state index contributed by atoms with van der Waals surface area (Å²) < 4.78 is 21.7. The van der Waals surface area contributed by atoms with Gasteiger partial charge in [0, 0.05) is 26.4 Å². The molecule has 1 aliphatic heterocycles. The quantitative estimate of drug-likeness (QED) is 0.771. The SMILES string of the molecule is O=C(O)CC1OCCCOCCOCCCO[C@H]1CC(=O)O. The molecule has 128 valence electrons. The van der Waals surface area contributed by atoms with E-state index in [-0.39, 0.29) is 26.1 Å². The fourth-order valence-corrected chi connectivity index (χ4v) is 2.05. The molecule has 1 saturated heterocycles. The maximum atomic E-state index is 10.9. The average molecular weight is 320 g/mol. The maximum Gasteiger partial charge on any atom is 0.306 e. The van der Waals surface area contributed by atoms with Crippen LogP contribution in [0.15, 0.2) is 0 Å². The molecule has 1 aliphatic rings. The monoisotopic (exact) mass is 320 g/mol. The van der Waals surface area contributed by atoms with Gasteiger partial charge >= 0.3 is 11.9 Å². The van der Waals surface area contributed by atoms with Crippen molar-refractivity contribution in [2.75, 3.05) is 39.6 Å². The minimum absolute atomic E-state index is 0.290. The zero-order valence-electron chi connectivity index (χ0n) is 12.6. The number of ether oxygens (including phenoxy) is 4.